The summed E-state index contributed by atoms with van der Waals surface area (Å²) >= 11 is 1.39. The van der Waals surface area contributed by atoms with Crippen molar-refractivity contribution in [2.45, 2.75) is 11.8 Å². The molecule has 12 heavy (non-hydrogen) atoms. The van der Waals surface area contributed by atoms with E-state index in [9.17, 15) is 0 Å². The largest absolute Gasteiger partial charge is 0.497 e. The molecular weight excluding hydrogens is 172 g/mol. The van der Waals surface area contributed by atoms with Crippen LogP contribution < -0.4 is 15.4 Å². The second-order valence-electron chi connectivity index (χ2n) is 2.35. The van der Waals surface area contributed by atoms with E-state index in [2.05, 4.69) is 4.83 Å². The van der Waals surface area contributed by atoms with Gasteiger partial charge in [0.2, 0.25) is 0 Å². The van der Waals surface area contributed by atoms with E-state index in [-0.39, 0.29) is 0 Å². The highest BCUT2D eigenvalue weighted by atomic mass is 32.2. The third-order valence-electron chi connectivity index (χ3n) is 1.55. The van der Waals surface area contributed by atoms with Crippen LogP contribution in [-0.4, -0.2) is 7.11 Å². The highest BCUT2D eigenvalue weighted by Gasteiger charge is 1.99. The lowest BCUT2D eigenvalue weighted by atomic mass is 10.2. The molecule has 4 heteroatoms. The van der Waals surface area contributed by atoms with Crippen molar-refractivity contribution in [3.63, 3.8) is 0 Å². The van der Waals surface area contributed by atoms with E-state index in [4.69, 9.17) is 10.6 Å². The van der Waals surface area contributed by atoms with Crippen LogP contribution in [0.5, 0.6) is 5.75 Å². The topological polar surface area (TPSA) is 47.3 Å². The SMILES string of the molecule is COc1ccc(SNN)c(C)c1. The van der Waals surface area contributed by atoms with Crippen molar-refractivity contribution in [3.8, 4) is 5.75 Å². The first kappa shape index (κ1) is 9.38. The molecule has 0 bridgehead atoms. The molecule has 0 radical (unpaired) electrons. The Bertz CT molecular complexity index is 265. The van der Waals surface area contributed by atoms with Gasteiger partial charge in [0.25, 0.3) is 0 Å². The van der Waals surface area contributed by atoms with Crippen LogP contribution in [0.15, 0.2) is 23.1 Å². The summed E-state index contributed by atoms with van der Waals surface area (Å²) in [5.41, 5.74) is 1.15. The van der Waals surface area contributed by atoms with Gasteiger partial charge in [0.05, 0.1) is 7.11 Å². The number of ether oxygens (including phenoxy) is 1. The first-order valence-electron chi connectivity index (χ1n) is 3.55. The molecule has 0 aliphatic heterocycles. The van der Waals surface area contributed by atoms with Crippen LogP contribution in [0.25, 0.3) is 0 Å². The summed E-state index contributed by atoms with van der Waals surface area (Å²) in [6.45, 7) is 2.02. The van der Waals surface area contributed by atoms with Gasteiger partial charge >= 0.3 is 0 Å². The monoisotopic (exact) mass is 184 g/mol. The maximum atomic E-state index is 5.18. The van der Waals surface area contributed by atoms with Crippen LogP contribution in [0.4, 0.5) is 0 Å². The van der Waals surface area contributed by atoms with E-state index in [1.54, 1.807) is 7.11 Å². The molecule has 3 N–H and O–H groups in total. The molecule has 66 valence electrons. The van der Waals surface area contributed by atoms with Gasteiger partial charge in [-0.2, -0.15) is 4.83 Å². The van der Waals surface area contributed by atoms with Crippen LogP contribution >= 0.6 is 11.9 Å². The summed E-state index contributed by atoms with van der Waals surface area (Å²) in [7, 11) is 1.66. The Labute approximate surface area is 76.4 Å². The zero-order chi connectivity index (χ0) is 8.97. The molecule has 0 aliphatic rings. The Balaban J connectivity index is 2.87. The van der Waals surface area contributed by atoms with Crippen molar-refractivity contribution in [1.82, 2.24) is 4.83 Å². The number of nitrogens with two attached hydrogens (primary N) is 1. The van der Waals surface area contributed by atoms with Crippen molar-refractivity contribution in [1.29, 1.82) is 0 Å². The summed E-state index contributed by atoms with van der Waals surface area (Å²) in [4.78, 5) is 3.65. The predicted octanol–water partition coefficient (Wildman–Crippen LogP) is 1.47. The lowest BCUT2D eigenvalue weighted by molar-refractivity contribution is 0.414. The van der Waals surface area contributed by atoms with E-state index < -0.39 is 0 Å². The third-order valence-corrected chi connectivity index (χ3v) is 2.35. The molecule has 0 aromatic heterocycles. The lowest BCUT2D eigenvalue weighted by Gasteiger charge is -2.05. The van der Waals surface area contributed by atoms with Crippen LogP contribution in [0.2, 0.25) is 0 Å². The molecule has 3 nitrogen and oxygen atoms in total. The number of rotatable bonds is 3. The average Bonchev–Trinajstić information content (AvgIpc) is 2.09. The Morgan fingerprint density at radius 1 is 1.50 bits per heavy atom. The van der Waals surface area contributed by atoms with Gasteiger partial charge in [-0.15, -0.1) is 0 Å². The fourth-order valence-electron chi connectivity index (χ4n) is 0.927. The number of nitrogens with one attached hydrogen (secondary N) is 1. The molecule has 0 saturated carbocycles. The molecule has 0 heterocycles. The lowest BCUT2D eigenvalue weighted by Crippen LogP contribution is -2.11. The molecule has 0 saturated heterocycles. The number of benzene rings is 1. The summed E-state index contributed by atoms with van der Waals surface area (Å²) in [6, 6.07) is 5.85. The van der Waals surface area contributed by atoms with E-state index in [0.717, 1.165) is 16.2 Å². The quantitative estimate of drug-likeness (QED) is 0.424. The second-order valence-corrected chi connectivity index (χ2v) is 3.23. The van der Waals surface area contributed by atoms with E-state index in [0.29, 0.717) is 0 Å². The van der Waals surface area contributed by atoms with Gasteiger partial charge in [-0.3, -0.25) is 5.84 Å². The summed E-state index contributed by atoms with van der Waals surface area (Å²) < 4.78 is 5.07. The average molecular weight is 184 g/mol. The van der Waals surface area contributed by atoms with Crippen molar-refractivity contribution in [3.05, 3.63) is 23.8 Å². The Hall–Kier alpha value is -0.710. The number of hydrazine groups is 1. The van der Waals surface area contributed by atoms with Crippen LogP contribution in [0.1, 0.15) is 5.56 Å². The summed E-state index contributed by atoms with van der Waals surface area (Å²) in [6.07, 6.45) is 0. The maximum Gasteiger partial charge on any atom is 0.119 e. The first-order valence-corrected chi connectivity index (χ1v) is 4.36. The van der Waals surface area contributed by atoms with E-state index in [1.165, 1.54) is 11.9 Å². The predicted molar refractivity (Wildman–Crippen MR) is 50.9 cm³/mol. The molecule has 0 amide bonds. The highest BCUT2D eigenvalue weighted by molar-refractivity contribution is 7.97. The first-order chi connectivity index (χ1) is 5.77. The molecule has 1 aromatic carbocycles. The van der Waals surface area contributed by atoms with Gasteiger partial charge in [-0.1, -0.05) is 0 Å². The highest BCUT2D eigenvalue weighted by Crippen LogP contribution is 2.23. The minimum Gasteiger partial charge on any atom is -0.497 e. The molecule has 1 rings (SSSR count). The minimum atomic E-state index is 0.869. The van der Waals surface area contributed by atoms with Crippen LogP contribution in [0, 0.1) is 6.92 Å². The Kier molecular flexibility index (Phi) is 3.40. The van der Waals surface area contributed by atoms with E-state index in [1.807, 2.05) is 25.1 Å². The Morgan fingerprint density at radius 2 is 2.25 bits per heavy atom. The van der Waals surface area contributed by atoms with Gasteiger partial charge in [0.15, 0.2) is 0 Å². The van der Waals surface area contributed by atoms with Crippen molar-refractivity contribution in [2.24, 2.45) is 5.84 Å². The fraction of sp³-hybridized carbons (Fsp3) is 0.250. The zero-order valence-electron chi connectivity index (χ0n) is 7.13. The summed E-state index contributed by atoms with van der Waals surface area (Å²) in [5, 5.41) is 0. The standard InChI is InChI=1S/C8H12N2OS/c1-6-5-7(11-2)3-4-8(6)12-10-9/h3-5,10H,9H2,1-2H3. The molecular formula is C8H12N2OS. The zero-order valence-corrected chi connectivity index (χ0v) is 7.94. The number of hydrogen-bond donors (Lipinski definition) is 2. The number of aryl methyl sites for hydroxylation is 1. The summed E-state index contributed by atoms with van der Waals surface area (Å²) in [5.74, 6) is 6.05. The molecule has 0 unspecified atom stereocenters. The van der Waals surface area contributed by atoms with Gasteiger partial charge in [-0.05, 0) is 42.6 Å². The van der Waals surface area contributed by atoms with Gasteiger partial charge in [-0.25, -0.2) is 0 Å². The van der Waals surface area contributed by atoms with Crippen molar-refractivity contribution >= 4 is 11.9 Å². The second kappa shape index (κ2) is 4.35. The smallest absolute Gasteiger partial charge is 0.119 e. The van der Waals surface area contributed by atoms with Crippen molar-refractivity contribution < 1.29 is 4.74 Å². The fourth-order valence-corrected chi connectivity index (χ4v) is 1.41. The van der Waals surface area contributed by atoms with Crippen LogP contribution in [0.3, 0.4) is 0 Å². The van der Waals surface area contributed by atoms with Gasteiger partial charge in [0, 0.05) is 4.90 Å². The van der Waals surface area contributed by atoms with E-state index >= 15 is 0 Å². The molecule has 1 aromatic rings. The molecule has 0 spiro atoms. The minimum absolute atomic E-state index is 0.869. The molecule has 0 fully saturated rings. The molecule has 0 aliphatic carbocycles. The Morgan fingerprint density at radius 3 is 2.75 bits per heavy atom. The molecule has 0 atom stereocenters. The third kappa shape index (κ3) is 2.14. The van der Waals surface area contributed by atoms with Gasteiger partial charge < -0.3 is 4.74 Å². The van der Waals surface area contributed by atoms with Crippen LogP contribution in [-0.2, 0) is 0 Å². The number of hydrogen-bond acceptors (Lipinski definition) is 4. The maximum absolute atomic E-state index is 5.18. The normalized spacial score (nSPS) is 9.92. The van der Waals surface area contributed by atoms with Gasteiger partial charge in [0.1, 0.15) is 5.75 Å². The van der Waals surface area contributed by atoms with Crippen molar-refractivity contribution in [2.75, 3.05) is 7.11 Å². The number of methoxy groups -OCH3 is 1.